The third kappa shape index (κ3) is 3.53. The fourth-order valence-electron chi connectivity index (χ4n) is 3.32. The van der Waals surface area contributed by atoms with Crippen LogP contribution in [0.15, 0.2) is 36.4 Å². The Balaban J connectivity index is 1.74. The first-order valence-corrected chi connectivity index (χ1v) is 8.79. The zero-order valence-corrected chi connectivity index (χ0v) is 15.8. The fraction of sp³-hybridized carbons (Fsp3) is 0.300. The molecule has 26 heavy (non-hydrogen) atoms. The van der Waals surface area contributed by atoms with Gasteiger partial charge in [-0.25, -0.2) is 0 Å². The molecule has 1 aliphatic rings. The van der Waals surface area contributed by atoms with Crippen LogP contribution in [0, 0.1) is 19.8 Å². The number of methoxy groups -OCH3 is 1. The predicted octanol–water partition coefficient (Wildman–Crippen LogP) is 3.96. The molecule has 1 fully saturated rings. The van der Waals surface area contributed by atoms with E-state index in [0.29, 0.717) is 23.0 Å². The number of benzene rings is 2. The van der Waals surface area contributed by atoms with Crippen LogP contribution in [-0.2, 0) is 9.59 Å². The Morgan fingerprint density at radius 3 is 2.54 bits per heavy atom. The SMILES string of the molecule is COc1ccc(NC(=O)C2CC(=O)N(c3c(C)cccc3C)C2)cc1Cl. The quantitative estimate of drug-likeness (QED) is 0.883. The summed E-state index contributed by atoms with van der Waals surface area (Å²) in [6.45, 7) is 4.32. The van der Waals surface area contributed by atoms with E-state index in [-0.39, 0.29) is 18.2 Å². The lowest BCUT2D eigenvalue weighted by atomic mass is 10.1. The number of nitrogens with zero attached hydrogens (tertiary/aromatic N) is 1. The van der Waals surface area contributed by atoms with Crippen molar-refractivity contribution in [2.45, 2.75) is 20.3 Å². The van der Waals surface area contributed by atoms with Crippen molar-refractivity contribution in [3.8, 4) is 5.75 Å². The molecule has 1 aliphatic heterocycles. The number of nitrogens with one attached hydrogen (secondary N) is 1. The number of rotatable bonds is 4. The smallest absolute Gasteiger partial charge is 0.229 e. The van der Waals surface area contributed by atoms with Gasteiger partial charge in [0.15, 0.2) is 0 Å². The summed E-state index contributed by atoms with van der Waals surface area (Å²) in [6, 6.07) is 11.0. The molecule has 2 amide bonds. The fourth-order valence-corrected chi connectivity index (χ4v) is 3.58. The Bertz CT molecular complexity index is 846. The molecule has 1 heterocycles. The molecule has 0 aliphatic carbocycles. The van der Waals surface area contributed by atoms with Gasteiger partial charge in [0.05, 0.1) is 18.1 Å². The molecule has 0 saturated carbocycles. The van der Waals surface area contributed by atoms with E-state index in [1.165, 1.54) is 7.11 Å². The van der Waals surface area contributed by atoms with Gasteiger partial charge in [-0.05, 0) is 43.2 Å². The van der Waals surface area contributed by atoms with Gasteiger partial charge in [-0.1, -0.05) is 29.8 Å². The van der Waals surface area contributed by atoms with Crippen molar-refractivity contribution in [3.63, 3.8) is 0 Å². The molecule has 6 heteroatoms. The molecule has 2 aromatic rings. The van der Waals surface area contributed by atoms with E-state index in [0.717, 1.165) is 16.8 Å². The maximum absolute atomic E-state index is 12.6. The lowest BCUT2D eigenvalue weighted by molar-refractivity contribution is -0.122. The zero-order valence-electron chi connectivity index (χ0n) is 15.0. The highest BCUT2D eigenvalue weighted by molar-refractivity contribution is 6.32. The third-order valence-corrected chi connectivity index (χ3v) is 4.92. The molecule has 5 nitrogen and oxygen atoms in total. The Kier molecular flexibility index (Phi) is 5.18. The molecule has 0 bridgehead atoms. The second-order valence-corrected chi connectivity index (χ2v) is 6.89. The molecule has 3 rings (SSSR count). The number of anilines is 2. The van der Waals surface area contributed by atoms with Crippen molar-refractivity contribution >= 4 is 34.8 Å². The van der Waals surface area contributed by atoms with E-state index in [1.807, 2.05) is 32.0 Å². The van der Waals surface area contributed by atoms with Gasteiger partial charge < -0.3 is 15.0 Å². The number of para-hydroxylation sites is 1. The van der Waals surface area contributed by atoms with Crippen LogP contribution in [0.2, 0.25) is 5.02 Å². The highest BCUT2D eigenvalue weighted by Crippen LogP contribution is 2.32. The molecule has 1 unspecified atom stereocenters. The lowest BCUT2D eigenvalue weighted by Gasteiger charge is -2.21. The van der Waals surface area contributed by atoms with Gasteiger partial charge in [0.2, 0.25) is 11.8 Å². The summed E-state index contributed by atoms with van der Waals surface area (Å²) in [6.07, 6.45) is 0.198. The topological polar surface area (TPSA) is 58.6 Å². The number of hydrogen-bond donors (Lipinski definition) is 1. The molecule has 1 saturated heterocycles. The summed E-state index contributed by atoms with van der Waals surface area (Å²) in [5.74, 6) is -0.0760. The third-order valence-electron chi connectivity index (χ3n) is 4.62. The van der Waals surface area contributed by atoms with E-state index in [4.69, 9.17) is 16.3 Å². The van der Waals surface area contributed by atoms with Crippen LogP contribution >= 0.6 is 11.6 Å². The lowest BCUT2D eigenvalue weighted by Crippen LogP contribution is -2.29. The summed E-state index contributed by atoms with van der Waals surface area (Å²) in [5.41, 5.74) is 3.54. The summed E-state index contributed by atoms with van der Waals surface area (Å²) >= 11 is 6.10. The zero-order chi connectivity index (χ0) is 18.8. The first-order valence-electron chi connectivity index (χ1n) is 8.41. The standard InChI is InChI=1S/C20H21ClN2O3/c1-12-5-4-6-13(2)19(12)23-11-14(9-18(23)24)20(25)22-15-7-8-17(26-3)16(21)10-15/h4-8,10,14H,9,11H2,1-3H3,(H,22,25). The highest BCUT2D eigenvalue weighted by Gasteiger charge is 2.36. The Labute approximate surface area is 157 Å². The minimum atomic E-state index is -0.401. The first kappa shape index (κ1) is 18.3. The van der Waals surface area contributed by atoms with Crippen molar-refractivity contribution in [2.75, 3.05) is 23.9 Å². The van der Waals surface area contributed by atoms with Crippen LogP contribution in [-0.4, -0.2) is 25.5 Å². The van der Waals surface area contributed by atoms with Gasteiger partial charge in [-0.15, -0.1) is 0 Å². The summed E-state index contributed by atoms with van der Waals surface area (Å²) in [4.78, 5) is 26.8. The van der Waals surface area contributed by atoms with E-state index in [1.54, 1.807) is 23.1 Å². The maximum atomic E-state index is 12.6. The largest absolute Gasteiger partial charge is 0.495 e. The van der Waals surface area contributed by atoms with Crippen LogP contribution in [0.25, 0.3) is 0 Å². The van der Waals surface area contributed by atoms with Gasteiger partial charge in [0, 0.05) is 24.3 Å². The van der Waals surface area contributed by atoms with E-state index in [9.17, 15) is 9.59 Å². The van der Waals surface area contributed by atoms with Crippen molar-refractivity contribution < 1.29 is 14.3 Å². The summed E-state index contributed by atoms with van der Waals surface area (Å²) < 4.78 is 5.11. The van der Waals surface area contributed by atoms with Crippen LogP contribution in [0.3, 0.4) is 0 Å². The number of ether oxygens (including phenoxy) is 1. The molecule has 0 spiro atoms. The minimum absolute atomic E-state index is 0.0321. The Hall–Kier alpha value is -2.53. The molecular weight excluding hydrogens is 352 g/mol. The van der Waals surface area contributed by atoms with Crippen LogP contribution in [0.5, 0.6) is 5.75 Å². The summed E-state index contributed by atoms with van der Waals surface area (Å²) in [7, 11) is 1.53. The normalized spacial score (nSPS) is 16.7. The van der Waals surface area contributed by atoms with Gasteiger partial charge in [-0.2, -0.15) is 0 Å². The van der Waals surface area contributed by atoms with Gasteiger partial charge >= 0.3 is 0 Å². The van der Waals surface area contributed by atoms with Crippen molar-refractivity contribution in [1.29, 1.82) is 0 Å². The van der Waals surface area contributed by atoms with Gasteiger partial charge in [-0.3, -0.25) is 9.59 Å². The maximum Gasteiger partial charge on any atom is 0.229 e. The number of halogens is 1. The Morgan fingerprint density at radius 1 is 1.23 bits per heavy atom. The van der Waals surface area contributed by atoms with Gasteiger partial charge in [0.1, 0.15) is 5.75 Å². The molecule has 0 radical (unpaired) electrons. The molecule has 1 atom stereocenters. The van der Waals surface area contributed by atoms with Crippen LogP contribution < -0.4 is 15.0 Å². The molecule has 2 aromatic carbocycles. The Morgan fingerprint density at radius 2 is 1.92 bits per heavy atom. The number of aryl methyl sites for hydroxylation is 2. The van der Waals surface area contributed by atoms with Crippen molar-refractivity contribution in [3.05, 3.63) is 52.5 Å². The molecule has 1 N–H and O–H groups in total. The molecular formula is C20H21ClN2O3. The number of carbonyl (C=O) groups excluding carboxylic acids is 2. The number of amides is 2. The first-order chi connectivity index (χ1) is 12.4. The van der Waals surface area contributed by atoms with E-state index < -0.39 is 5.92 Å². The number of hydrogen-bond acceptors (Lipinski definition) is 3. The van der Waals surface area contributed by atoms with Crippen molar-refractivity contribution in [2.24, 2.45) is 5.92 Å². The van der Waals surface area contributed by atoms with E-state index in [2.05, 4.69) is 5.32 Å². The average molecular weight is 373 g/mol. The molecule has 136 valence electrons. The average Bonchev–Trinajstić information content (AvgIpc) is 2.97. The second-order valence-electron chi connectivity index (χ2n) is 6.48. The minimum Gasteiger partial charge on any atom is -0.495 e. The monoisotopic (exact) mass is 372 g/mol. The van der Waals surface area contributed by atoms with Crippen LogP contribution in [0.1, 0.15) is 17.5 Å². The predicted molar refractivity (Wildman–Crippen MR) is 103 cm³/mol. The second kappa shape index (κ2) is 7.38. The summed E-state index contributed by atoms with van der Waals surface area (Å²) in [5, 5.41) is 3.26. The van der Waals surface area contributed by atoms with Crippen molar-refractivity contribution in [1.82, 2.24) is 0 Å². The van der Waals surface area contributed by atoms with Gasteiger partial charge in [0.25, 0.3) is 0 Å². The number of carbonyl (C=O) groups is 2. The highest BCUT2D eigenvalue weighted by atomic mass is 35.5. The van der Waals surface area contributed by atoms with E-state index >= 15 is 0 Å². The molecule has 0 aromatic heterocycles. The van der Waals surface area contributed by atoms with Crippen LogP contribution in [0.4, 0.5) is 11.4 Å².